The summed E-state index contributed by atoms with van der Waals surface area (Å²) in [6.07, 6.45) is 0.954. The second-order valence-electron chi connectivity index (χ2n) is 3.33. The third-order valence-corrected chi connectivity index (χ3v) is 2.02. The molecule has 0 spiro atoms. The lowest BCUT2D eigenvalue weighted by Gasteiger charge is -1.94. The molecule has 90 valence electrons. The van der Waals surface area contributed by atoms with Crippen LogP contribution in [0.15, 0.2) is 16.5 Å². The first kappa shape index (κ1) is 11.1. The van der Waals surface area contributed by atoms with Crippen molar-refractivity contribution >= 4 is 11.8 Å². The van der Waals surface area contributed by atoms with Crippen molar-refractivity contribution in [1.29, 1.82) is 0 Å². The summed E-state index contributed by atoms with van der Waals surface area (Å²) < 4.78 is 4.99. The predicted molar refractivity (Wildman–Crippen MR) is 59.5 cm³/mol. The predicted octanol–water partition coefficient (Wildman–Crippen LogP) is 1.79. The molecule has 0 unspecified atom stereocenters. The van der Waals surface area contributed by atoms with Crippen molar-refractivity contribution in [2.75, 3.05) is 11.9 Å². The lowest BCUT2D eigenvalue weighted by molar-refractivity contribution is -0.401. The zero-order valence-electron chi connectivity index (χ0n) is 9.14. The molecule has 0 fully saturated rings. The molecule has 0 aliphatic rings. The number of hydrogen-bond acceptors (Lipinski definition) is 6. The van der Waals surface area contributed by atoms with Crippen molar-refractivity contribution in [3.05, 3.63) is 22.2 Å². The zero-order chi connectivity index (χ0) is 12.3. The summed E-state index contributed by atoms with van der Waals surface area (Å²) in [4.78, 5) is 13.9. The van der Waals surface area contributed by atoms with Crippen molar-refractivity contribution < 1.29 is 9.34 Å². The summed E-state index contributed by atoms with van der Waals surface area (Å²) in [6.45, 7) is 2.78. The molecule has 8 nitrogen and oxygen atoms in total. The van der Waals surface area contributed by atoms with Crippen molar-refractivity contribution in [3.8, 4) is 11.6 Å². The molecule has 0 saturated heterocycles. The normalized spacial score (nSPS) is 10.4. The molecule has 0 aromatic carbocycles. The Hall–Kier alpha value is -2.38. The van der Waals surface area contributed by atoms with E-state index in [2.05, 4.69) is 20.5 Å². The third kappa shape index (κ3) is 2.41. The molecule has 17 heavy (non-hydrogen) atoms. The van der Waals surface area contributed by atoms with E-state index in [0.29, 0.717) is 11.8 Å². The molecular formula is C9H11N5O3. The first-order chi connectivity index (χ1) is 8.20. The highest BCUT2D eigenvalue weighted by atomic mass is 16.6. The van der Waals surface area contributed by atoms with E-state index in [1.807, 2.05) is 6.92 Å². The van der Waals surface area contributed by atoms with Crippen LogP contribution in [0.2, 0.25) is 0 Å². The molecule has 0 radical (unpaired) electrons. The molecule has 8 heteroatoms. The monoisotopic (exact) mass is 237 g/mol. The van der Waals surface area contributed by atoms with Gasteiger partial charge in [-0.05, 0) is 12.5 Å². The standard InChI is InChI=1S/C9H11N5O3/c1-2-5-10-9-11-8(12-13-9)6-3-4-7(17-6)14(15)16/h3-4H,2,5H2,1H3,(H2,10,11,12,13). The van der Waals surface area contributed by atoms with Gasteiger partial charge in [-0.3, -0.25) is 15.2 Å². The number of anilines is 1. The number of hydrogen-bond donors (Lipinski definition) is 2. The maximum atomic E-state index is 10.4. The molecule has 2 aromatic heterocycles. The van der Waals surface area contributed by atoms with Gasteiger partial charge >= 0.3 is 5.88 Å². The molecular weight excluding hydrogens is 226 g/mol. The first-order valence-corrected chi connectivity index (χ1v) is 5.11. The minimum absolute atomic E-state index is 0.286. The molecule has 0 aliphatic heterocycles. The van der Waals surface area contributed by atoms with E-state index in [4.69, 9.17) is 4.42 Å². The highest BCUT2D eigenvalue weighted by Gasteiger charge is 2.15. The lowest BCUT2D eigenvalue weighted by Crippen LogP contribution is -2.00. The fourth-order valence-corrected chi connectivity index (χ4v) is 1.24. The average molecular weight is 237 g/mol. The SMILES string of the molecule is CCCNc1n[nH]c(-c2ccc([N+](=O)[O-])o2)n1. The Labute approximate surface area is 96.2 Å². The minimum atomic E-state index is -0.601. The van der Waals surface area contributed by atoms with Gasteiger partial charge in [-0.2, -0.15) is 4.98 Å². The van der Waals surface area contributed by atoms with Gasteiger partial charge in [0.2, 0.25) is 5.95 Å². The van der Waals surface area contributed by atoms with Gasteiger partial charge in [0.1, 0.15) is 4.92 Å². The van der Waals surface area contributed by atoms with E-state index in [1.54, 1.807) is 0 Å². The third-order valence-electron chi connectivity index (χ3n) is 2.02. The first-order valence-electron chi connectivity index (χ1n) is 5.11. The summed E-state index contributed by atoms with van der Waals surface area (Å²) in [7, 11) is 0. The van der Waals surface area contributed by atoms with Crippen molar-refractivity contribution in [1.82, 2.24) is 15.2 Å². The maximum absolute atomic E-state index is 10.4. The lowest BCUT2D eigenvalue weighted by atomic mass is 10.4. The molecule has 0 atom stereocenters. The molecule has 2 rings (SSSR count). The number of nitrogens with zero attached hydrogens (tertiary/aromatic N) is 3. The summed E-state index contributed by atoms with van der Waals surface area (Å²) in [6, 6.07) is 2.75. The largest absolute Gasteiger partial charge is 0.433 e. The van der Waals surface area contributed by atoms with Crippen molar-refractivity contribution in [3.63, 3.8) is 0 Å². The van der Waals surface area contributed by atoms with Gasteiger partial charge in [-0.1, -0.05) is 6.92 Å². The fraction of sp³-hybridized carbons (Fsp3) is 0.333. The Morgan fingerprint density at radius 1 is 1.59 bits per heavy atom. The van der Waals surface area contributed by atoms with Gasteiger partial charge in [-0.25, -0.2) is 0 Å². The van der Waals surface area contributed by atoms with E-state index < -0.39 is 4.92 Å². The van der Waals surface area contributed by atoms with Gasteiger partial charge in [0.15, 0.2) is 11.6 Å². The van der Waals surface area contributed by atoms with Crippen LogP contribution in [0.1, 0.15) is 13.3 Å². The zero-order valence-corrected chi connectivity index (χ0v) is 9.14. The second kappa shape index (κ2) is 4.64. The molecule has 0 bridgehead atoms. The van der Waals surface area contributed by atoms with Crippen LogP contribution >= 0.6 is 0 Å². The number of furan rings is 1. The number of nitrogens with one attached hydrogen (secondary N) is 2. The fourth-order valence-electron chi connectivity index (χ4n) is 1.24. The van der Waals surface area contributed by atoms with Crippen LogP contribution < -0.4 is 5.32 Å². The quantitative estimate of drug-likeness (QED) is 0.606. The molecule has 2 aromatic rings. The van der Waals surface area contributed by atoms with E-state index in [1.165, 1.54) is 12.1 Å². The smallest absolute Gasteiger partial charge is 0.397 e. The van der Waals surface area contributed by atoms with Crippen LogP contribution in [-0.4, -0.2) is 26.6 Å². The summed E-state index contributed by atoms with van der Waals surface area (Å²) in [5.74, 6) is 0.769. The van der Waals surface area contributed by atoms with Crippen molar-refractivity contribution in [2.45, 2.75) is 13.3 Å². The molecule has 0 saturated carbocycles. The Balaban J connectivity index is 2.15. The summed E-state index contributed by atoms with van der Waals surface area (Å²) in [5.41, 5.74) is 0. The van der Waals surface area contributed by atoms with Crippen molar-refractivity contribution in [2.24, 2.45) is 0 Å². The summed E-state index contributed by atoms with van der Waals surface area (Å²) >= 11 is 0. The Kier molecular flexibility index (Phi) is 3.03. The van der Waals surface area contributed by atoms with Gasteiger partial charge in [0.05, 0.1) is 6.07 Å². The number of rotatable bonds is 5. The molecule has 0 amide bonds. The number of aromatic nitrogens is 3. The van der Waals surface area contributed by atoms with Gasteiger partial charge < -0.3 is 9.73 Å². The number of H-pyrrole nitrogens is 1. The van der Waals surface area contributed by atoms with Crippen LogP contribution in [-0.2, 0) is 0 Å². The van der Waals surface area contributed by atoms with Gasteiger partial charge in [0, 0.05) is 6.54 Å². The van der Waals surface area contributed by atoms with Crippen LogP contribution in [0.3, 0.4) is 0 Å². The Morgan fingerprint density at radius 2 is 2.41 bits per heavy atom. The highest BCUT2D eigenvalue weighted by molar-refractivity contribution is 5.50. The van der Waals surface area contributed by atoms with E-state index >= 15 is 0 Å². The Morgan fingerprint density at radius 3 is 3.06 bits per heavy atom. The minimum Gasteiger partial charge on any atom is -0.397 e. The van der Waals surface area contributed by atoms with Crippen LogP contribution in [0.4, 0.5) is 11.8 Å². The average Bonchev–Trinajstić information content (AvgIpc) is 2.94. The molecule has 2 heterocycles. The number of aromatic amines is 1. The maximum Gasteiger partial charge on any atom is 0.433 e. The summed E-state index contributed by atoms with van der Waals surface area (Å²) in [5, 5.41) is 20.0. The topological polar surface area (TPSA) is 110 Å². The second-order valence-corrected chi connectivity index (χ2v) is 3.33. The molecule has 2 N–H and O–H groups in total. The van der Waals surface area contributed by atoms with E-state index in [0.717, 1.165) is 13.0 Å². The van der Waals surface area contributed by atoms with Crippen LogP contribution in [0, 0.1) is 10.1 Å². The molecule has 0 aliphatic carbocycles. The highest BCUT2D eigenvalue weighted by Crippen LogP contribution is 2.23. The van der Waals surface area contributed by atoms with E-state index in [-0.39, 0.29) is 11.6 Å². The Bertz CT molecular complexity index is 518. The van der Waals surface area contributed by atoms with Crippen LogP contribution in [0.25, 0.3) is 11.6 Å². The number of nitro groups is 1. The van der Waals surface area contributed by atoms with E-state index in [9.17, 15) is 10.1 Å². The van der Waals surface area contributed by atoms with Gasteiger partial charge in [0.25, 0.3) is 0 Å². The van der Waals surface area contributed by atoms with Gasteiger partial charge in [-0.15, -0.1) is 5.10 Å². The van der Waals surface area contributed by atoms with Crippen LogP contribution in [0.5, 0.6) is 0 Å².